The van der Waals surface area contributed by atoms with Gasteiger partial charge in [-0.15, -0.1) is 0 Å². The number of imide groups is 2. The normalized spacial score (nSPS) is 9.91. The number of carbonyl (C=O) groups is 4. The lowest BCUT2D eigenvalue weighted by atomic mass is 10.1. The number of carbonyl (C=O) groups excluding carboxylic acids is 4. The molecule has 3 aromatic rings. The molecule has 0 aliphatic rings. The Morgan fingerprint density at radius 1 is 0.432 bits per heavy atom. The first kappa shape index (κ1) is 37.3. The van der Waals surface area contributed by atoms with Crippen molar-refractivity contribution < 1.29 is 19.2 Å². The van der Waals surface area contributed by atoms with Crippen molar-refractivity contribution in [2.45, 2.75) is 39.3 Å². The van der Waals surface area contributed by atoms with Gasteiger partial charge in [0.25, 0.3) is 0 Å². The van der Waals surface area contributed by atoms with Crippen LogP contribution < -0.4 is 55.7 Å². The molecular weight excluding hydrogens is 564 g/mol. The fourth-order valence-electron chi connectivity index (χ4n) is 3.40. The average Bonchev–Trinajstić information content (AvgIpc) is 3.01. The second-order valence-electron chi connectivity index (χ2n) is 9.30. The quantitative estimate of drug-likeness (QED) is 0.125. The molecule has 0 aliphatic carbocycles. The molecule has 14 nitrogen and oxygen atoms in total. The summed E-state index contributed by atoms with van der Waals surface area (Å²) in [6, 6.07) is 21.8. The van der Waals surface area contributed by atoms with Crippen LogP contribution in [0.25, 0.3) is 0 Å². The largest absolute Gasteiger partial charge is 0.351 e. The predicted molar refractivity (Wildman–Crippen MR) is 170 cm³/mol. The fraction of sp³-hybridized carbons (Fsp3) is 0.267. The van der Waals surface area contributed by atoms with E-state index in [1.807, 2.05) is 83.4 Å². The van der Waals surface area contributed by atoms with E-state index < -0.39 is 23.9 Å². The Labute approximate surface area is 257 Å². The maximum absolute atomic E-state index is 11.1. The summed E-state index contributed by atoms with van der Waals surface area (Å²) in [7, 11) is 0. The monoisotopic (exact) mass is 608 g/mol. The number of primary amides is 2. The molecule has 0 heterocycles. The Balaban J connectivity index is 0.000000342. The highest BCUT2D eigenvalue weighted by molar-refractivity contribution is 5.94. The molecule has 0 aromatic heterocycles. The van der Waals surface area contributed by atoms with E-state index in [-0.39, 0.29) is 13.1 Å². The van der Waals surface area contributed by atoms with Gasteiger partial charge in [-0.1, -0.05) is 72.8 Å². The molecule has 0 saturated carbocycles. The first-order valence-corrected chi connectivity index (χ1v) is 13.7. The topological polar surface area (TPSA) is 273 Å². The number of benzene rings is 3. The van der Waals surface area contributed by atoms with E-state index in [9.17, 15) is 19.2 Å². The number of amides is 6. The highest BCUT2D eigenvalue weighted by Crippen LogP contribution is 2.04. The molecule has 3 rings (SSSR count). The molecule has 0 atom stereocenters. The van der Waals surface area contributed by atoms with Crippen molar-refractivity contribution in [3.05, 3.63) is 106 Å². The molecule has 0 saturated heterocycles. The lowest BCUT2D eigenvalue weighted by Gasteiger charge is -2.05. The van der Waals surface area contributed by atoms with Crippen LogP contribution in [0.15, 0.2) is 72.8 Å². The summed E-state index contributed by atoms with van der Waals surface area (Å²) in [4.78, 5) is 42.8. The molecule has 238 valence electrons. The Hall–Kier alpha value is -4.70. The molecule has 3 aromatic carbocycles. The van der Waals surface area contributed by atoms with Gasteiger partial charge in [0, 0.05) is 39.3 Å². The minimum atomic E-state index is -0.843. The third-order valence-corrected chi connectivity index (χ3v) is 5.77. The van der Waals surface area contributed by atoms with E-state index in [4.69, 9.17) is 34.4 Å². The first-order valence-electron chi connectivity index (χ1n) is 13.7. The second-order valence-corrected chi connectivity index (χ2v) is 9.30. The number of hydrogen-bond acceptors (Lipinski definition) is 10. The van der Waals surface area contributed by atoms with Gasteiger partial charge < -0.3 is 45.0 Å². The number of urea groups is 2. The predicted octanol–water partition coefficient (Wildman–Crippen LogP) is -0.536. The molecule has 0 unspecified atom stereocenters. The van der Waals surface area contributed by atoms with Crippen molar-refractivity contribution in [1.29, 1.82) is 0 Å². The third kappa shape index (κ3) is 17.3. The highest BCUT2D eigenvalue weighted by atomic mass is 16.2. The van der Waals surface area contributed by atoms with Crippen molar-refractivity contribution >= 4 is 23.9 Å². The van der Waals surface area contributed by atoms with E-state index in [2.05, 4.69) is 10.6 Å². The average molecular weight is 609 g/mol. The number of nitrogens with two attached hydrogens (primary N) is 6. The summed E-state index contributed by atoms with van der Waals surface area (Å²) in [6.07, 6.45) is 0. The standard InChI is InChI=1S/2C11H16N4O2.C8H12N2/c2*12-5-8-1-3-9(4-2-8)6-14-7-10(16)15-11(13)17;9-5-7-1-2-8(6-10)4-3-7/h2*1-4,14H,5-7,12H2,(H3,13,15,16,17);1-4H,5-6,9-10H2. The zero-order valence-corrected chi connectivity index (χ0v) is 24.7. The molecule has 0 fully saturated rings. The van der Waals surface area contributed by atoms with Crippen molar-refractivity contribution in [1.82, 2.24) is 21.3 Å². The first-order chi connectivity index (χ1) is 21.1. The van der Waals surface area contributed by atoms with E-state index in [1.54, 1.807) is 0 Å². The van der Waals surface area contributed by atoms with Crippen molar-refractivity contribution in [2.24, 2.45) is 34.4 Å². The molecular formula is C30H44N10O4. The zero-order valence-electron chi connectivity index (χ0n) is 24.7. The number of hydrogen-bond donors (Lipinski definition) is 10. The van der Waals surface area contributed by atoms with E-state index in [0.717, 1.165) is 33.4 Å². The van der Waals surface area contributed by atoms with E-state index in [1.165, 1.54) is 0 Å². The molecule has 0 radical (unpaired) electrons. The van der Waals surface area contributed by atoms with E-state index in [0.29, 0.717) is 39.3 Å². The van der Waals surface area contributed by atoms with Crippen LogP contribution in [0.4, 0.5) is 9.59 Å². The van der Waals surface area contributed by atoms with Crippen LogP contribution in [0.5, 0.6) is 0 Å². The van der Waals surface area contributed by atoms with Crippen LogP contribution in [0.3, 0.4) is 0 Å². The highest BCUT2D eigenvalue weighted by Gasteiger charge is 2.04. The fourth-order valence-corrected chi connectivity index (χ4v) is 3.40. The van der Waals surface area contributed by atoms with Crippen LogP contribution in [0.2, 0.25) is 0 Å². The van der Waals surface area contributed by atoms with Gasteiger partial charge >= 0.3 is 12.1 Å². The summed E-state index contributed by atoms with van der Waals surface area (Å²) < 4.78 is 0. The summed E-state index contributed by atoms with van der Waals surface area (Å²) in [5, 5.41) is 9.72. The lowest BCUT2D eigenvalue weighted by Crippen LogP contribution is -2.40. The van der Waals surface area contributed by atoms with Crippen molar-refractivity contribution in [3.63, 3.8) is 0 Å². The van der Waals surface area contributed by atoms with E-state index >= 15 is 0 Å². The van der Waals surface area contributed by atoms with Crippen LogP contribution in [-0.2, 0) is 48.9 Å². The van der Waals surface area contributed by atoms with Gasteiger partial charge in [-0.05, 0) is 33.4 Å². The van der Waals surface area contributed by atoms with Crippen LogP contribution in [-0.4, -0.2) is 37.0 Å². The minimum Gasteiger partial charge on any atom is -0.351 e. The Morgan fingerprint density at radius 2 is 0.659 bits per heavy atom. The van der Waals surface area contributed by atoms with Crippen LogP contribution >= 0.6 is 0 Å². The lowest BCUT2D eigenvalue weighted by molar-refractivity contribution is -0.120. The van der Waals surface area contributed by atoms with Gasteiger partial charge in [0.1, 0.15) is 0 Å². The van der Waals surface area contributed by atoms with Crippen LogP contribution in [0.1, 0.15) is 33.4 Å². The Bertz CT molecular complexity index is 1180. The van der Waals surface area contributed by atoms with Gasteiger partial charge in [-0.3, -0.25) is 20.2 Å². The van der Waals surface area contributed by atoms with Gasteiger partial charge in [-0.25, -0.2) is 9.59 Å². The van der Waals surface area contributed by atoms with Gasteiger partial charge in [-0.2, -0.15) is 0 Å². The molecule has 0 aliphatic heterocycles. The van der Waals surface area contributed by atoms with Gasteiger partial charge in [0.05, 0.1) is 13.1 Å². The summed E-state index contributed by atoms with van der Waals surface area (Å²) in [5.74, 6) is -0.896. The Morgan fingerprint density at radius 3 is 0.864 bits per heavy atom. The van der Waals surface area contributed by atoms with Gasteiger partial charge in [0.2, 0.25) is 11.8 Å². The second kappa shape index (κ2) is 21.9. The number of rotatable bonds is 12. The van der Waals surface area contributed by atoms with Crippen molar-refractivity contribution in [3.8, 4) is 0 Å². The summed E-state index contributed by atoms with van der Waals surface area (Å²) in [5.41, 5.74) is 37.8. The van der Waals surface area contributed by atoms with Gasteiger partial charge in [0.15, 0.2) is 0 Å². The Kier molecular flexibility index (Phi) is 18.6. The maximum Gasteiger partial charge on any atom is 0.318 e. The van der Waals surface area contributed by atoms with Crippen molar-refractivity contribution in [2.75, 3.05) is 13.1 Å². The SMILES string of the molecule is NCc1ccc(CN)cc1.NCc1ccc(CNCC(=O)NC(N)=O)cc1.NCc1ccc(CNCC(=O)NC(N)=O)cc1. The summed E-state index contributed by atoms with van der Waals surface area (Å²) >= 11 is 0. The molecule has 0 spiro atoms. The zero-order chi connectivity index (χ0) is 32.7. The molecule has 16 N–H and O–H groups in total. The number of nitrogens with one attached hydrogen (secondary N) is 4. The molecule has 44 heavy (non-hydrogen) atoms. The maximum atomic E-state index is 11.1. The smallest absolute Gasteiger partial charge is 0.318 e. The molecule has 14 heteroatoms. The third-order valence-electron chi connectivity index (χ3n) is 5.77. The minimum absolute atomic E-state index is 0.0432. The van der Waals surface area contributed by atoms with Crippen LogP contribution in [0, 0.1) is 0 Å². The summed E-state index contributed by atoms with van der Waals surface area (Å²) in [6.45, 7) is 3.39. The molecule has 0 bridgehead atoms. The molecule has 6 amide bonds.